The van der Waals surface area contributed by atoms with Gasteiger partial charge in [0.05, 0.1) is 11.6 Å². The van der Waals surface area contributed by atoms with Crippen molar-refractivity contribution >= 4 is 10.9 Å². The molecule has 1 aromatic heterocycles. The van der Waals surface area contributed by atoms with Gasteiger partial charge < -0.3 is 4.74 Å². The number of nitrogens with zero attached hydrogens (tertiary/aromatic N) is 2. The number of benzene rings is 2. The van der Waals surface area contributed by atoms with E-state index in [-0.39, 0.29) is 5.92 Å². The fourth-order valence-electron chi connectivity index (χ4n) is 2.31. The Bertz CT molecular complexity index is 822. The smallest absolute Gasteiger partial charge is 0.128 e. The van der Waals surface area contributed by atoms with Gasteiger partial charge in [-0.25, -0.2) is 0 Å². The lowest BCUT2D eigenvalue weighted by Crippen LogP contribution is -1.98. The van der Waals surface area contributed by atoms with Crippen LogP contribution in [0.2, 0.25) is 0 Å². The number of rotatable bonds is 4. The van der Waals surface area contributed by atoms with E-state index in [4.69, 9.17) is 10.00 Å². The summed E-state index contributed by atoms with van der Waals surface area (Å²) in [5, 5.41) is 9.92. The molecule has 0 saturated carbocycles. The standard InChI is InChI=1S/C19H16N2O/c1-14(13-20)11-16-8-7-15-12-18(9-10-19(15)21-16)22-17-5-3-2-4-6-17/h2-10,12,14H,11H2,1H3. The van der Waals surface area contributed by atoms with E-state index in [1.54, 1.807) is 0 Å². The molecule has 108 valence electrons. The van der Waals surface area contributed by atoms with Crippen LogP contribution in [0.5, 0.6) is 11.5 Å². The summed E-state index contributed by atoms with van der Waals surface area (Å²) >= 11 is 0. The van der Waals surface area contributed by atoms with Crippen LogP contribution in [0.15, 0.2) is 60.7 Å². The summed E-state index contributed by atoms with van der Waals surface area (Å²) in [6, 6.07) is 21.8. The minimum Gasteiger partial charge on any atom is -0.457 e. The first kappa shape index (κ1) is 14.1. The van der Waals surface area contributed by atoms with Gasteiger partial charge in [-0.05, 0) is 43.3 Å². The molecule has 1 unspecified atom stereocenters. The van der Waals surface area contributed by atoms with Gasteiger partial charge in [0.25, 0.3) is 0 Å². The minimum atomic E-state index is -0.0226. The molecule has 3 heteroatoms. The van der Waals surface area contributed by atoms with Crippen LogP contribution in [-0.4, -0.2) is 4.98 Å². The molecule has 0 fully saturated rings. The molecule has 0 radical (unpaired) electrons. The molecule has 2 aromatic carbocycles. The lowest BCUT2D eigenvalue weighted by atomic mass is 10.1. The summed E-state index contributed by atoms with van der Waals surface area (Å²) in [5.74, 6) is 1.58. The summed E-state index contributed by atoms with van der Waals surface area (Å²) in [5.41, 5.74) is 1.86. The van der Waals surface area contributed by atoms with Crippen molar-refractivity contribution in [1.29, 1.82) is 5.26 Å². The average molecular weight is 288 g/mol. The molecule has 0 N–H and O–H groups in total. The molecule has 0 aliphatic heterocycles. The van der Waals surface area contributed by atoms with Gasteiger partial charge in [-0.15, -0.1) is 0 Å². The molecule has 3 rings (SSSR count). The first-order valence-electron chi connectivity index (χ1n) is 7.27. The Morgan fingerprint density at radius 2 is 1.86 bits per heavy atom. The van der Waals surface area contributed by atoms with Crippen molar-refractivity contribution < 1.29 is 4.74 Å². The van der Waals surface area contributed by atoms with Crippen LogP contribution in [0.25, 0.3) is 10.9 Å². The van der Waals surface area contributed by atoms with Crippen molar-refractivity contribution in [2.75, 3.05) is 0 Å². The zero-order valence-electron chi connectivity index (χ0n) is 12.4. The Morgan fingerprint density at radius 3 is 2.64 bits per heavy atom. The third-order valence-corrected chi connectivity index (χ3v) is 3.43. The number of fused-ring (bicyclic) bond motifs is 1. The highest BCUT2D eigenvalue weighted by Crippen LogP contribution is 2.25. The first-order valence-corrected chi connectivity index (χ1v) is 7.27. The number of pyridine rings is 1. The maximum absolute atomic E-state index is 8.89. The molecule has 0 saturated heterocycles. The monoisotopic (exact) mass is 288 g/mol. The van der Waals surface area contributed by atoms with E-state index >= 15 is 0 Å². The van der Waals surface area contributed by atoms with Crippen LogP contribution in [0, 0.1) is 17.2 Å². The molecule has 22 heavy (non-hydrogen) atoms. The highest BCUT2D eigenvalue weighted by Gasteiger charge is 2.05. The lowest BCUT2D eigenvalue weighted by Gasteiger charge is -2.08. The highest BCUT2D eigenvalue weighted by molar-refractivity contribution is 5.80. The Kier molecular flexibility index (Phi) is 4.02. The first-order chi connectivity index (χ1) is 10.7. The quantitative estimate of drug-likeness (QED) is 0.697. The maximum Gasteiger partial charge on any atom is 0.128 e. The predicted octanol–water partition coefficient (Wildman–Crippen LogP) is 4.73. The van der Waals surface area contributed by atoms with Gasteiger partial charge in [0, 0.05) is 23.4 Å². The number of hydrogen-bond acceptors (Lipinski definition) is 3. The van der Waals surface area contributed by atoms with Crippen LogP contribution in [0.1, 0.15) is 12.6 Å². The summed E-state index contributed by atoms with van der Waals surface area (Å²) in [6.45, 7) is 1.91. The van der Waals surface area contributed by atoms with Crippen molar-refractivity contribution in [2.24, 2.45) is 5.92 Å². The summed E-state index contributed by atoms with van der Waals surface area (Å²) in [7, 11) is 0. The van der Waals surface area contributed by atoms with E-state index in [0.717, 1.165) is 28.1 Å². The van der Waals surface area contributed by atoms with Crippen molar-refractivity contribution in [3.63, 3.8) is 0 Å². The van der Waals surface area contributed by atoms with Crippen LogP contribution >= 0.6 is 0 Å². The second kappa shape index (κ2) is 6.28. The fraction of sp³-hybridized carbons (Fsp3) is 0.158. The maximum atomic E-state index is 8.89. The van der Waals surface area contributed by atoms with Crippen molar-refractivity contribution in [3.8, 4) is 17.6 Å². The van der Waals surface area contributed by atoms with E-state index in [1.165, 1.54) is 0 Å². The largest absolute Gasteiger partial charge is 0.457 e. The van der Waals surface area contributed by atoms with E-state index in [2.05, 4.69) is 11.1 Å². The molecule has 0 bridgehead atoms. The topological polar surface area (TPSA) is 45.9 Å². The number of ether oxygens (including phenoxy) is 1. The number of aromatic nitrogens is 1. The Morgan fingerprint density at radius 1 is 1.05 bits per heavy atom. The van der Waals surface area contributed by atoms with E-state index < -0.39 is 0 Å². The van der Waals surface area contributed by atoms with E-state index in [9.17, 15) is 0 Å². The van der Waals surface area contributed by atoms with Crippen LogP contribution in [0.4, 0.5) is 0 Å². The number of para-hydroxylation sites is 1. The van der Waals surface area contributed by atoms with E-state index in [0.29, 0.717) is 6.42 Å². The SMILES string of the molecule is CC(C#N)Cc1ccc2cc(Oc3ccccc3)ccc2n1. The van der Waals surface area contributed by atoms with Gasteiger partial charge in [-0.3, -0.25) is 4.98 Å². The Balaban J connectivity index is 1.85. The van der Waals surface area contributed by atoms with Crippen molar-refractivity contribution in [2.45, 2.75) is 13.3 Å². The summed E-state index contributed by atoms with van der Waals surface area (Å²) in [4.78, 5) is 4.60. The molecule has 0 aliphatic rings. The van der Waals surface area contributed by atoms with Crippen LogP contribution in [-0.2, 0) is 6.42 Å². The van der Waals surface area contributed by atoms with Gasteiger partial charge in [0.2, 0.25) is 0 Å². The molecule has 1 atom stereocenters. The predicted molar refractivity (Wildman–Crippen MR) is 86.7 cm³/mol. The minimum absolute atomic E-state index is 0.0226. The number of nitriles is 1. The van der Waals surface area contributed by atoms with Crippen molar-refractivity contribution in [3.05, 3.63) is 66.4 Å². The molecular weight excluding hydrogens is 272 g/mol. The van der Waals surface area contributed by atoms with Crippen LogP contribution in [0.3, 0.4) is 0 Å². The molecule has 0 amide bonds. The van der Waals surface area contributed by atoms with Crippen LogP contribution < -0.4 is 4.74 Å². The fourth-order valence-corrected chi connectivity index (χ4v) is 2.31. The Hall–Kier alpha value is -2.86. The third-order valence-electron chi connectivity index (χ3n) is 3.43. The van der Waals surface area contributed by atoms with E-state index in [1.807, 2.05) is 67.6 Å². The normalized spacial score (nSPS) is 11.8. The zero-order valence-corrected chi connectivity index (χ0v) is 12.4. The molecule has 0 spiro atoms. The second-order valence-electron chi connectivity index (χ2n) is 5.31. The second-order valence-corrected chi connectivity index (χ2v) is 5.31. The third kappa shape index (κ3) is 3.24. The molecular formula is C19H16N2O. The summed E-state index contributed by atoms with van der Waals surface area (Å²) < 4.78 is 5.83. The van der Waals surface area contributed by atoms with Gasteiger partial charge >= 0.3 is 0 Å². The summed E-state index contributed by atoms with van der Waals surface area (Å²) in [6.07, 6.45) is 0.675. The molecule has 3 aromatic rings. The lowest BCUT2D eigenvalue weighted by molar-refractivity contribution is 0.483. The van der Waals surface area contributed by atoms with Gasteiger partial charge in [0.15, 0.2) is 0 Å². The molecule has 3 nitrogen and oxygen atoms in total. The zero-order chi connectivity index (χ0) is 15.4. The van der Waals surface area contributed by atoms with Crippen molar-refractivity contribution in [1.82, 2.24) is 4.98 Å². The van der Waals surface area contributed by atoms with Gasteiger partial charge in [-0.2, -0.15) is 5.26 Å². The highest BCUT2D eigenvalue weighted by atomic mass is 16.5. The molecule has 0 aliphatic carbocycles. The molecule has 1 heterocycles. The van der Waals surface area contributed by atoms with Gasteiger partial charge in [0.1, 0.15) is 11.5 Å². The van der Waals surface area contributed by atoms with Gasteiger partial charge in [-0.1, -0.05) is 24.3 Å². The average Bonchev–Trinajstić information content (AvgIpc) is 2.56. The Labute approximate surface area is 129 Å². The number of hydrogen-bond donors (Lipinski definition) is 0.